The van der Waals surface area contributed by atoms with Crippen molar-refractivity contribution in [3.05, 3.63) is 35.9 Å². The molecule has 0 aliphatic carbocycles. The van der Waals surface area contributed by atoms with Crippen LogP contribution in [0.15, 0.2) is 30.3 Å². The van der Waals surface area contributed by atoms with Crippen molar-refractivity contribution in [2.24, 2.45) is 0 Å². The molecule has 0 bridgehead atoms. The van der Waals surface area contributed by atoms with Crippen LogP contribution in [0.3, 0.4) is 0 Å². The minimum Gasteiger partial charge on any atom is -0.449 e. The van der Waals surface area contributed by atoms with Gasteiger partial charge in [-0.05, 0) is 5.56 Å². The topological polar surface area (TPSA) is 42.3 Å². The Morgan fingerprint density at radius 3 is 2.69 bits per heavy atom. The van der Waals surface area contributed by atoms with Gasteiger partial charge >= 0.3 is 0 Å². The Kier molecular flexibility index (Phi) is 2.27. The number of hydrogen-bond donors (Lipinski definition) is 1. The fourth-order valence-corrected chi connectivity index (χ4v) is 1.30. The van der Waals surface area contributed by atoms with E-state index in [9.17, 15) is 0 Å². The smallest absolute Gasteiger partial charge is 0.210 e. The quantitative estimate of drug-likeness (QED) is 0.745. The van der Waals surface area contributed by atoms with Crippen LogP contribution in [0, 0.1) is 5.41 Å². The Bertz CT molecular complexity index is 297. The summed E-state index contributed by atoms with van der Waals surface area (Å²) in [4.78, 5) is 0. The van der Waals surface area contributed by atoms with E-state index in [1.165, 1.54) is 5.56 Å². The summed E-state index contributed by atoms with van der Waals surface area (Å²) in [6.45, 7) is 0.303. The van der Waals surface area contributed by atoms with Crippen LogP contribution in [0.25, 0.3) is 0 Å². The Labute approximate surface area is 76.8 Å². The molecule has 1 atom stereocenters. The number of rotatable bonds is 2. The lowest BCUT2D eigenvalue weighted by Gasteiger charge is -2.07. The van der Waals surface area contributed by atoms with E-state index in [0.717, 1.165) is 0 Å². The maximum absolute atomic E-state index is 7.20. The van der Waals surface area contributed by atoms with Crippen LogP contribution < -0.4 is 0 Å². The van der Waals surface area contributed by atoms with Gasteiger partial charge in [-0.1, -0.05) is 30.3 Å². The fraction of sp³-hybridized carbons (Fsp3) is 0.300. The lowest BCUT2D eigenvalue weighted by Crippen LogP contribution is -2.11. The first-order chi connectivity index (χ1) is 6.34. The lowest BCUT2D eigenvalue weighted by atomic mass is 10.1. The van der Waals surface area contributed by atoms with Crippen LogP contribution >= 0.6 is 0 Å². The van der Waals surface area contributed by atoms with Crippen molar-refractivity contribution < 1.29 is 9.47 Å². The minimum absolute atomic E-state index is 0.223. The fourth-order valence-electron chi connectivity index (χ4n) is 1.30. The Morgan fingerprint density at radius 2 is 2.08 bits per heavy atom. The van der Waals surface area contributed by atoms with Gasteiger partial charge in [0.1, 0.15) is 6.61 Å². The molecule has 1 heterocycles. The third kappa shape index (κ3) is 2.06. The zero-order valence-electron chi connectivity index (χ0n) is 7.19. The standard InChI is InChI=1S/C10H11NO2/c11-9-7-12-10(13-9)6-8-4-2-1-3-5-8/h1-5,10-11H,6-7H2. The van der Waals surface area contributed by atoms with Gasteiger partial charge in [-0.25, -0.2) is 0 Å². The second-order valence-electron chi connectivity index (χ2n) is 2.97. The molecular formula is C10H11NO2. The third-order valence-corrected chi connectivity index (χ3v) is 1.92. The van der Waals surface area contributed by atoms with Crippen molar-refractivity contribution in [3.63, 3.8) is 0 Å². The van der Waals surface area contributed by atoms with Gasteiger partial charge in [-0.15, -0.1) is 0 Å². The first kappa shape index (κ1) is 8.26. The van der Waals surface area contributed by atoms with Crippen LogP contribution in [0.5, 0.6) is 0 Å². The summed E-state index contributed by atoms with van der Waals surface area (Å²) in [5.41, 5.74) is 1.17. The van der Waals surface area contributed by atoms with Crippen LogP contribution in [0.1, 0.15) is 5.56 Å². The predicted octanol–water partition coefficient (Wildman–Crippen LogP) is 1.58. The molecule has 2 rings (SSSR count). The molecule has 1 unspecified atom stereocenters. The van der Waals surface area contributed by atoms with Gasteiger partial charge in [0, 0.05) is 6.42 Å². The Morgan fingerprint density at radius 1 is 1.31 bits per heavy atom. The molecule has 13 heavy (non-hydrogen) atoms. The van der Waals surface area contributed by atoms with Crippen LogP contribution in [0.2, 0.25) is 0 Å². The van der Waals surface area contributed by atoms with E-state index in [-0.39, 0.29) is 12.2 Å². The molecule has 3 heteroatoms. The molecule has 1 aromatic rings. The van der Waals surface area contributed by atoms with Gasteiger partial charge in [0.05, 0.1) is 0 Å². The molecule has 0 amide bonds. The average molecular weight is 177 g/mol. The maximum atomic E-state index is 7.20. The molecule has 3 nitrogen and oxygen atoms in total. The zero-order valence-corrected chi connectivity index (χ0v) is 7.19. The molecule has 1 aliphatic heterocycles. The molecule has 0 aromatic heterocycles. The first-order valence-electron chi connectivity index (χ1n) is 4.24. The van der Waals surface area contributed by atoms with Gasteiger partial charge in [-0.2, -0.15) is 0 Å². The summed E-state index contributed by atoms with van der Waals surface area (Å²) in [7, 11) is 0. The summed E-state index contributed by atoms with van der Waals surface area (Å²) < 4.78 is 10.3. The van der Waals surface area contributed by atoms with Crippen LogP contribution in [0.4, 0.5) is 0 Å². The van der Waals surface area contributed by atoms with Crippen molar-refractivity contribution in [2.45, 2.75) is 12.7 Å². The molecule has 0 saturated carbocycles. The normalized spacial score (nSPS) is 21.5. The molecule has 0 spiro atoms. The molecule has 1 N–H and O–H groups in total. The average Bonchev–Trinajstić information content (AvgIpc) is 2.53. The molecule has 1 fully saturated rings. The van der Waals surface area contributed by atoms with Gasteiger partial charge in [0.15, 0.2) is 0 Å². The van der Waals surface area contributed by atoms with E-state index in [4.69, 9.17) is 14.9 Å². The predicted molar refractivity (Wildman–Crippen MR) is 48.7 cm³/mol. The van der Waals surface area contributed by atoms with Gasteiger partial charge in [-0.3, -0.25) is 5.41 Å². The van der Waals surface area contributed by atoms with Crippen molar-refractivity contribution >= 4 is 5.90 Å². The highest BCUT2D eigenvalue weighted by Crippen LogP contribution is 2.12. The third-order valence-electron chi connectivity index (χ3n) is 1.92. The van der Waals surface area contributed by atoms with Crippen LogP contribution in [-0.4, -0.2) is 18.8 Å². The van der Waals surface area contributed by atoms with E-state index in [1.807, 2.05) is 30.3 Å². The monoisotopic (exact) mass is 177 g/mol. The highest BCUT2D eigenvalue weighted by atomic mass is 16.7. The number of nitrogens with one attached hydrogen (secondary N) is 1. The van der Waals surface area contributed by atoms with Crippen molar-refractivity contribution in [3.8, 4) is 0 Å². The Balaban J connectivity index is 1.96. The number of benzene rings is 1. The van der Waals surface area contributed by atoms with Crippen LogP contribution in [-0.2, 0) is 15.9 Å². The summed E-state index contributed by atoms with van der Waals surface area (Å²) >= 11 is 0. The highest BCUT2D eigenvalue weighted by Gasteiger charge is 2.20. The second-order valence-corrected chi connectivity index (χ2v) is 2.97. The molecule has 1 aliphatic rings. The molecule has 0 radical (unpaired) electrons. The minimum atomic E-state index is -0.269. The highest BCUT2D eigenvalue weighted by molar-refractivity contribution is 5.75. The lowest BCUT2D eigenvalue weighted by molar-refractivity contribution is -0.0210. The summed E-state index contributed by atoms with van der Waals surface area (Å²) in [5, 5.41) is 7.20. The second kappa shape index (κ2) is 3.58. The van der Waals surface area contributed by atoms with Crippen molar-refractivity contribution in [1.29, 1.82) is 5.41 Å². The van der Waals surface area contributed by atoms with E-state index < -0.39 is 0 Å². The molecule has 1 aromatic carbocycles. The van der Waals surface area contributed by atoms with E-state index in [0.29, 0.717) is 13.0 Å². The number of hydrogen-bond acceptors (Lipinski definition) is 3. The van der Waals surface area contributed by atoms with Crippen molar-refractivity contribution in [2.75, 3.05) is 6.61 Å². The van der Waals surface area contributed by atoms with E-state index >= 15 is 0 Å². The molecule has 68 valence electrons. The largest absolute Gasteiger partial charge is 0.449 e. The summed E-state index contributed by atoms with van der Waals surface area (Å²) in [5.74, 6) is 0.223. The van der Waals surface area contributed by atoms with E-state index in [2.05, 4.69) is 0 Å². The van der Waals surface area contributed by atoms with Gasteiger partial charge in [0.25, 0.3) is 0 Å². The molecule has 1 saturated heterocycles. The van der Waals surface area contributed by atoms with Crippen molar-refractivity contribution in [1.82, 2.24) is 0 Å². The van der Waals surface area contributed by atoms with Gasteiger partial charge < -0.3 is 9.47 Å². The first-order valence-corrected chi connectivity index (χ1v) is 4.24. The van der Waals surface area contributed by atoms with E-state index in [1.54, 1.807) is 0 Å². The maximum Gasteiger partial charge on any atom is 0.210 e. The number of ether oxygens (including phenoxy) is 2. The van der Waals surface area contributed by atoms with Gasteiger partial charge in [0.2, 0.25) is 12.2 Å². The summed E-state index contributed by atoms with van der Waals surface area (Å²) in [6, 6.07) is 9.98. The SMILES string of the molecule is N=C1COC(Cc2ccccc2)O1. The molecular weight excluding hydrogens is 166 g/mol. The Hall–Kier alpha value is -1.35. The summed E-state index contributed by atoms with van der Waals surface area (Å²) in [6.07, 6.45) is 0.443. The zero-order chi connectivity index (χ0) is 9.10.